The number of carbonyl (C=O) groups is 2. The number of carbonyl (C=O) groups excluding carboxylic acids is 2. The Bertz CT molecular complexity index is 793. The summed E-state index contributed by atoms with van der Waals surface area (Å²) in [6.07, 6.45) is 1.85. The second-order valence-electron chi connectivity index (χ2n) is 6.66. The first kappa shape index (κ1) is 19.4. The Labute approximate surface area is 163 Å². The molecule has 1 aliphatic heterocycles. The van der Waals surface area contributed by atoms with E-state index in [1.165, 1.54) is 24.3 Å². The molecule has 1 saturated heterocycles. The zero-order chi connectivity index (χ0) is 19.2. The van der Waals surface area contributed by atoms with E-state index >= 15 is 0 Å². The number of halogens is 2. The highest BCUT2D eigenvalue weighted by Gasteiger charge is 2.22. The van der Waals surface area contributed by atoms with Crippen LogP contribution in [0.15, 0.2) is 48.5 Å². The van der Waals surface area contributed by atoms with Crippen LogP contribution in [0.3, 0.4) is 0 Å². The summed E-state index contributed by atoms with van der Waals surface area (Å²) in [6, 6.07) is 13.1. The fraction of sp³-hybridized carbons (Fsp3) is 0.333. The molecule has 0 saturated carbocycles. The molecular formula is C21H22ClFN2O2. The van der Waals surface area contributed by atoms with Crippen LogP contribution in [0, 0.1) is 5.82 Å². The molecule has 27 heavy (non-hydrogen) atoms. The quantitative estimate of drug-likeness (QED) is 0.799. The van der Waals surface area contributed by atoms with E-state index in [0.29, 0.717) is 49.6 Å². The van der Waals surface area contributed by atoms with Crippen LogP contribution in [0.25, 0.3) is 0 Å². The predicted octanol–water partition coefficient (Wildman–Crippen LogP) is 3.79. The molecule has 3 rings (SSSR count). The topological polar surface area (TPSA) is 40.6 Å². The Kier molecular flexibility index (Phi) is 6.45. The van der Waals surface area contributed by atoms with Crippen molar-refractivity contribution < 1.29 is 14.0 Å². The second kappa shape index (κ2) is 9.00. The van der Waals surface area contributed by atoms with Crippen LogP contribution in [0.5, 0.6) is 0 Å². The minimum absolute atomic E-state index is 0.0982. The van der Waals surface area contributed by atoms with Crippen molar-refractivity contribution in [2.75, 3.05) is 26.2 Å². The van der Waals surface area contributed by atoms with Crippen molar-refractivity contribution in [1.29, 1.82) is 0 Å². The van der Waals surface area contributed by atoms with E-state index in [0.717, 1.165) is 12.0 Å². The van der Waals surface area contributed by atoms with Gasteiger partial charge in [0.1, 0.15) is 5.82 Å². The van der Waals surface area contributed by atoms with Gasteiger partial charge in [0.05, 0.1) is 0 Å². The van der Waals surface area contributed by atoms with Crippen LogP contribution in [-0.4, -0.2) is 47.8 Å². The first-order valence-electron chi connectivity index (χ1n) is 9.10. The first-order chi connectivity index (χ1) is 13.0. The van der Waals surface area contributed by atoms with Crippen LogP contribution in [-0.2, 0) is 11.2 Å². The number of benzene rings is 2. The Morgan fingerprint density at radius 3 is 2.22 bits per heavy atom. The second-order valence-corrected chi connectivity index (χ2v) is 7.10. The zero-order valence-electron chi connectivity index (χ0n) is 15.0. The maximum Gasteiger partial charge on any atom is 0.253 e. The van der Waals surface area contributed by atoms with Gasteiger partial charge in [-0.15, -0.1) is 0 Å². The molecule has 142 valence electrons. The van der Waals surface area contributed by atoms with Crippen LogP contribution >= 0.6 is 11.6 Å². The molecule has 1 fully saturated rings. The largest absolute Gasteiger partial charge is 0.341 e. The average Bonchev–Trinajstić information content (AvgIpc) is 2.94. The Morgan fingerprint density at radius 2 is 1.52 bits per heavy atom. The summed E-state index contributed by atoms with van der Waals surface area (Å²) in [4.78, 5) is 28.7. The van der Waals surface area contributed by atoms with Crippen molar-refractivity contribution >= 4 is 23.4 Å². The highest BCUT2D eigenvalue weighted by Crippen LogP contribution is 2.14. The lowest BCUT2D eigenvalue weighted by atomic mass is 10.1. The number of hydrogen-bond acceptors (Lipinski definition) is 2. The van der Waals surface area contributed by atoms with Gasteiger partial charge < -0.3 is 9.80 Å². The molecule has 2 aromatic rings. The number of amides is 2. The zero-order valence-corrected chi connectivity index (χ0v) is 15.8. The van der Waals surface area contributed by atoms with Crippen molar-refractivity contribution in [3.8, 4) is 0 Å². The third-order valence-corrected chi connectivity index (χ3v) is 5.02. The Morgan fingerprint density at radius 1 is 0.889 bits per heavy atom. The molecule has 6 heteroatoms. The predicted molar refractivity (Wildman–Crippen MR) is 103 cm³/mol. The SMILES string of the molecule is O=C(CCc1ccc(Cl)cc1)N1CCCN(C(=O)c2ccc(F)cc2)CC1. The number of hydrogen-bond donors (Lipinski definition) is 0. The maximum absolute atomic E-state index is 13.0. The molecule has 0 N–H and O–H groups in total. The number of aryl methyl sites for hydroxylation is 1. The van der Waals surface area contributed by atoms with E-state index < -0.39 is 0 Å². The third-order valence-electron chi connectivity index (χ3n) is 4.77. The van der Waals surface area contributed by atoms with E-state index in [9.17, 15) is 14.0 Å². The lowest BCUT2D eigenvalue weighted by Crippen LogP contribution is -2.37. The molecule has 2 aromatic carbocycles. The normalized spacial score (nSPS) is 14.7. The summed E-state index contributed by atoms with van der Waals surface area (Å²) in [6.45, 7) is 2.25. The summed E-state index contributed by atoms with van der Waals surface area (Å²) in [5.74, 6) is -0.383. The molecule has 0 unspecified atom stereocenters. The standard InChI is InChI=1S/C21H22ClFN2O2/c22-18-7-2-16(3-8-18)4-11-20(26)24-12-1-13-25(15-14-24)21(27)17-5-9-19(23)10-6-17/h2-3,5-10H,1,4,11-15H2. The van der Waals surface area contributed by atoms with Gasteiger partial charge in [0.2, 0.25) is 5.91 Å². The van der Waals surface area contributed by atoms with E-state index in [4.69, 9.17) is 11.6 Å². The minimum atomic E-state index is -0.361. The molecule has 0 aromatic heterocycles. The van der Waals surface area contributed by atoms with Gasteiger partial charge in [0, 0.05) is 43.2 Å². The number of rotatable bonds is 4. The smallest absolute Gasteiger partial charge is 0.253 e. The molecular weight excluding hydrogens is 367 g/mol. The summed E-state index contributed by atoms with van der Waals surface area (Å²) in [7, 11) is 0. The van der Waals surface area contributed by atoms with Gasteiger partial charge in [0.25, 0.3) is 5.91 Å². The molecule has 1 aliphatic rings. The van der Waals surface area contributed by atoms with Gasteiger partial charge in [-0.1, -0.05) is 23.7 Å². The van der Waals surface area contributed by atoms with Crippen LogP contribution in [0.2, 0.25) is 5.02 Å². The van der Waals surface area contributed by atoms with Crippen LogP contribution in [0.1, 0.15) is 28.8 Å². The average molecular weight is 389 g/mol. The summed E-state index contributed by atoms with van der Waals surface area (Å²) in [5, 5.41) is 0.684. The van der Waals surface area contributed by atoms with Crippen molar-refractivity contribution in [3.05, 3.63) is 70.5 Å². The highest BCUT2D eigenvalue weighted by molar-refractivity contribution is 6.30. The van der Waals surface area contributed by atoms with Crippen molar-refractivity contribution in [2.45, 2.75) is 19.3 Å². The molecule has 2 amide bonds. The molecule has 4 nitrogen and oxygen atoms in total. The van der Waals surface area contributed by atoms with Crippen LogP contribution < -0.4 is 0 Å². The van der Waals surface area contributed by atoms with Gasteiger partial charge in [-0.05, 0) is 54.8 Å². The van der Waals surface area contributed by atoms with Gasteiger partial charge in [-0.3, -0.25) is 9.59 Å². The summed E-state index contributed by atoms with van der Waals surface area (Å²) in [5.41, 5.74) is 1.55. The van der Waals surface area contributed by atoms with Gasteiger partial charge in [-0.25, -0.2) is 4.39 Å². The molecule has 0 spiro atoms. The molecule has 0 aliphatic carbocycles. The molecule has 0 atom stereocenters. The first-order valence-corrected chi connectivity index (χ1v) is 9.48. The lowest BCUT2D eigenvalue weighted by molar-refractivity contribution is -0.131. The monoisotopic (exact) mass is 388 g/mol. The summed E-state index contributed by atoms with van der Waals surface area (Å²) >= 11 is 5.88. The molecule has 0 radical (unpaired) electrons. The van der Waals surface area contributed by atoms with Gasteiger partial charge >= 0.3 is 0 Å². The number of nitrogens with zero attached hydrogens (tertiary/aromatic N) is 2. The van der Waals surface area contributed by atoms with E-state index in [1.54, 1.807) is 4.90 Å². The summed E-state index contributed by atoms with van der Waals surface area (Å²) < 4.78 is 13.0. The lowest BCUT2D eigenvalue weighted by Gasteiger charge is -2.22. The van der Waals surface area contributed by atoms with Crippen molar-refractivity contribution in [3.63, 3.8) is 0 Å². The van der Waals surface area contributed by atoms with E-state index in [1.807, 2.05) is 29.2 Å². The van der Waals surface area contributed by atoms with Gasteiger partial charge in [-0.2, -0.15) is 0 Å². The van der Waals surface area contributed by atoms with Crippen LogP contribution in [0.4, 0.5) is 4.39 Å². The fourth-order valence-corrected chi connectivity index (χ4v) is 3.33. The minimum Gasteiger partial charge on any atom is -0.341 e. The highest BCUT2D eigenvalue weighted by atomic mass is 35.5. The van der Waals surface area contributed by atoms with Gasteiger partial charge in [0.15, 0.2) is 0 Å². The van der Waals surface area contributed by atoms with E-state index in [-0.39, 0.29) is 17.6 Å². The fourth-order valence-electron chi connectivity index (χ4n) is 3.21. The Balaban J connectivity index is 1.52. The van der Waals surface area contributed by atoms with Crippen molar-refractivity contribution in [1.82, 2.24) is 9.80 Å². The molecule has 0 bridgehead atoms. The Hall–Kier alpha value is -2.40. The molecule has 1 heterocycles. The maximum atomic E-state index is 13.0. The third kappa shape index (κ3) is 5.30. The van der Waals surface area contributed by atoms with Crippen molar-refractivity contribution in [2.24, 2.45) is 0 Å². The van der Waals surface area contributed by atoms with E-state index in [2.05, 4.69) is 0 Å².